The van der Waals surface area contributed by atoms with Gasteiger partial charge >= 0.3 is 0 Å². The van der Waals surface area contributed by atoms with Crippen LogP contribution in [0.3, 0.4) is 0 Å². The fraction of sp³-hybridized carbons (Fsp3) is 0.350. The molecule has 0 spiro atoms. The second-order valence-corrected chi connectivity index (χ2v) is 6.53. The molecule has 1 aromatic carbocycles. The van der Waals surface area contributed by atoms with Gasteiger partial charge in [0.2, 0.25) is 0 Å². The monoisotopic (exact) mass is 366 g/mol. The van der Waals surface area contributed by atoms with E-state index in [4.69, 9.17) is 4.52 Å². The lowest BCUT2D eigenvalue weighted by Gasteiger charge is -2.09. The van der Waals surface area contributed by atoms with E-state index in [9.17, 15) is 0 Å². The van der Waals surface area contributed by atoms with Gasteiger partial charge in [-0.3, -0.25) is 0 Å². The van der Waals surface area contributed by atoms with E-state index in [0.717, 1.165) is 35.1 Å². The molecule has 0 saturated carbocycles. The highest BCUT2D eigenvalue weighted by atomic mass is 16.5. The Morgan fingerprint density at radius 3 is 2.74 bits per heavy atom. The van der Waals surface area contributed by atoms with Crippen molar-refractivity contribution in [3.8, 4) is 11.3 Å². The van der Waals surface area contributed by atoms with Crippen molar-refractivity contribution in [1.29, 1.82) is 0 Å². The lowest BCUT2D eigenvalue weighted by molar-refractivity contribution is 0.372. The van der Waals surface area contributed by atoms with E-state index in [1.54, 1.807) is 0 Å². The van der Waals surface area contributed by atoms with Crippen LogP contribution in [0.5, 0.6) is 0 Å². The van der Waals surface area contributed by atoms with Crippen molar-refractivity contribution in [2.24, 2.45) is 4.99 Å². The number of hydrogen-bond acceptors (Lipinski definition) is 4. The Hall–Kier alpha value is -3.09. The van der Waals surface area contributed by atoms with Crippen LogP contribution < -0.4 is 10.6 Å². The third-order valence-electron chi connectivity index (χ3n) is 4.04. The van der Waals surface area contributed by atoms with Crippen LogP contribution in [0, 0.1) is 0 Å². The van der Waals surface area contributed by atoms with Crippen molar-refractivity contribution in [1.82, 2.24) is 25.8 Å². The average molecular weight is 366 g/mol. The van der Waals surface area contributed by atoms with E-state index >= 15 is 0 Å². The minimum Gasteiger partial charge on any atom is -0.359 e. The van der Waals surface area contributed by atoms with E-state index in [-0.39, 0.29) is 0 Å². The summed E-state index contributed by atoms with van der Waals surface area (Å²) in [7, 11) is 0. The number of aromatic nitrogens is 3. The molecular formula is C20H26N6O. The van der Waals surface area contributed by atoms with Crippen molar-refractivity contribution < 1.29 is 4.52 Å². The van der Waals surface area contributed by atoms with E-state index in [2.05, 4.69) is 56.7 Å². The maximum absolute atomic E-state index is 5.36. The van der Waals surface area contributed by atoms with Gasteiger partial charge in [0, 0.05) is 12.6 Å². The summed E-state index contributed by atoms with van der Waals surface area (Å²) in [5, 5.41) is 10.6. The van der Waals surface area contributed by atoms with Gasteiger partial charge < -0.3 is 20.1 Å². The SMILES string of the molecule is CCNC(=NCc1ncc(-c2ccccc2)[nH]1)NCc1cc(C(C)C)no1. The van der Waals surface area contributed by atoms with Gasteiger partial charge in [-0.2, -0.15) is 0 Å². The average Bonchev–Trinajstić information content (AvgIpc) is 3.34. The number of benzene rings is 1. The quantitative estimate of drug-likeness (QED) is 0.440. The van der Waals surface area contributed by atoms with Crippen LogP contribution in [0.25, 0.3) is 11.3 Å². The van der Waals surface area contributed by atoms with Crippen molar-refractivity contribution in [2.75, 3.05) is 6.54 Å². The molecule has 3 N–H and O–H groups in total. The van der Waals surface area contributed by atoms with Gasteiger partial charge in [-0.15, -0.1) is 0 Å². The van der Waals surface area contributed by atoms with Crippen molar-refractivity contribution in [3.63, 3.8) is 0 Å². The molecule has 142 valence electrons. The zero-order chi connectivity index (χ0) is 19.1. The smallest absolute Gasteiger partial charge is 0.192 e. The number of nitrogens with one attached hydrogen (secondary N) is 3. The second kappa shape index (κ2) is 9.02. The summed E-state index contributed by atoms with van der Waals surface area (Å²) < 4.78 is 5.36. The molecule has 3 aromatic rings. The van der Waals surface area contributed by atoms with Crippen LogP contribution in [0.15, 0.2) is 52.1 Å². The molecule has 2 heterocycles. The molecule has 0 aliphatic heterocycles. The first-order valence-electron chi connectivity index (χ1n) is 9.22. The summed E-state index contributed by atoms with van der Waals surface area (Å²) in [6.07, 6.45) is 1.84. The molecule has 2 aromatic heterocycles. The largest absolute Gasteiger partial charge is 0.359 e. The standard InChI is InChI=1S/C20H26N6O/c1-4-21-20(23-11-16-10-17(14(2)3)26-27-16)24-13-19-22-12-18(25-19)15-8-6-5-7-9-15/h5-10,12,14H,4,11,13H2,1-3H3,(H,22,25)(H2,21,23,24). The first-order valence-corrected chi connectivity index (χ1v) is 9.22. The Labute approximate surface area is 159 Å². The number of aromatic amines is 1. The molecule has 7 heteroatoms. The van der Waals surface area contributed by atoms with Gasteiger partial charge in [0.05, 0.1) is 24.1 Å². The normalized spacial score (nSPS) is 11.8. The van der Waals surface area contributed by atoms with E-state index in [1.807, 2.05) is 37.4 Å². The van der Waals surface area contributed by atoms with Gasteiger partial charge in [0.25, 0.3) is 0 Å². The summed E-state index contributed by atoms with van der Waals surface area (Å²) >= 11 is 0. The highest BCUT2D eigenvalue weighted by Gasteiger charge is 2.08. The summed E-state index contributed by atoms with van der Waals surface area (Å²) in [5.41, 5.74) is 3.05. The van der Waals surface area contributed by atoms with Crippen LogP contribution in [0.4, 0.5) is 0 Å². The van der Waals surface area contributed by atoms with Gasteiger partial charge in [0.1, 0.15) is 12.4 Å². The molecule has 0 atom stereocenters. The third-order valence-corrected chi connectivity index (χ3v) is 4.04. The molecule has 0 aliphatic carbocycles. The maximum Gasteiger partial charge on any atom is 0.192 e. The Bertz CT molecular complexity index is 865. The van der Waals surface area contributed by atoms with Crippen molar-refractivity contribution >= 4 is 5.96 Å². The number of aliphatic imine (C=N–C) groups is 1. The van der Waals surface area contributed by atoms with Crippen LogP contribution in [0.1, 0.15) is 44.0 Å². The molecular weight excluding hydrogens is 340 g/mol. The van der Waals surface area contributed by atoms with E-state index in [1.165, 1.54) is 0 Å². The topological polar surface area (TPSA) is 91.1 Å². The van der Waals surface area contributed by atoms with Crippen LogP contribution in [-0.2, 0) is 13.1 Å². The van der Waals surface area contributed by atoms with Crippen molar-refractivity contribution in [2.45, 2.75) is 39.8 Å². The fourth-order valence-corrected chi connectivity index (χ4v) is 2.56. The number of hydrogen-bond donors (Lipinski definition) is 3. The molecule has 0 unspecified atom stereocenters. The van der Waals surface area contributed by atoms with Gasteiger partial charge in [-0.25, -0.2) is 9.98 Å². The number of imidazole rings is 1. The summed E-state index contributed by atoms with van der Waals surface area (Å²) in [5.74, 6) is 2.65. The molecule has 3 rings (SSSR count). The maximum atomic E-state index is 5.36. The van der Waals surface area contributed by atoms with Gasteiger partial charge in [-0.1, -0.05) is 49.3 Å². The third kappa shape index (κ3) is 5.20. The predicted molar refractivity (Wildman–Crippen MR) is 106 cm³/mol. The predicted octanol–water partition coefficient (Wildman–Crippen LogP) is 3.44. The van der Waals surface area contributed by atoms with Gasteiger partial charge in [0.15, 0.2) is 11.7 Å². The Morgan fingerprint density at radius 1 is 1.22 bits per heavy atom. The highest BCUT2D eigenvalue weighted by Crippen LogP contribution is 2.16. The molecule has 0 aliphatic rings. The molecule has 0 amide bonds. The van der Waals surface area contributed by atoms with Crippen LogP contribution in [0.2, 0.25) is 0 Å². The summed E-state index contributed by atoms with van der Waals surface area (Å²) in [6, 6.07) is 12.1. The highest BCUT2D eigenvalue weighted by molar-refractivity contribution is 5.79. The fourth-order valence-electron chi connectivity index (χ4n) is 2.56. The lowest BCUT2D eigenvalue weighted by atomic mass is 10.1. The Morgan fingerprint density at radius 2 is 2.04 bits per heavy atom. The zero-order valence-electron chi connectivity index (χ0n) is 16.0. The molecule has 0 saturated heterocycles. The second-order valence-electron chi connectivity index (χ2n) is 6.53. The molecule has 0 bridgehead atoms. The molecule has 0 fully saturated rings. The Kier molecular flexibility index (Phi) is 6.25. The van der Waals surface area contributed by atoms with Crippen molar-refractivity contribution in [3.05, 3.63) is 59.9 Å². The first-order chi connectivity index (χ1) is 13.2. The zero-order valence-corrected chi connectivity index (χ0v) is 16.0. The van der Waals surface area contributed by atoms with E-state index < -0.39 is 0 Å². The minimum absolute atomic E-state index is 0.349. The summed E-state index contributed by atoms with van der Waals surface area (Å²) in [6.45, 7) is 7.96. The number of nitrogens with zero attached hydrogens (tertiary/aromatic N) is 3. The number of guanidine groups is 1. The minimum atomic E-state index is 0.349. The number of rotatable bonds is 7. The lowest BCUT2D eigenvalue weighted by Crippen LogP contribution is -2.36. The summed E-state index contributed by atoms with van der Waals surface area (Å²) in [4.78, 5) is 12.3. The van der Waals surface area contributed by atoms with E-state index in [0.29, 0.717) is 25.0 Å². The number of H-pyrrole nitrogens is 1. The van der Waals surface area contributed by atoms with Crippen LogP contribution >= 0.6 is 0 Å². The Balaban J connectivity index is 1.61. The molecule has 7 nitrogen and oxygen atoms in total. The first kappa shape index (κ1) is 18.7. The molecule has 0 radical (unpaired) electrons. The van der Waals surface area contributed by atoms with Gasteiger partial charge in [-0.05, 0) is 18.4 Å². The van der Waals surface area contributed by atoms with Crippen LogP contribution in [-0.4, -0.2) is 27.6 Å². The molecule has 27 heavy (non-hydrogen) atoms.